The molecule has 7 nitrogen and oxygen atoms in total. The zero-order valence-corrected chi connectivity index (χ0v) is 18.4. The highest BCUT2D eigenvalue weighted by atomic mass is 32.2. The molecule has 0 bridgehead atoms. The van der Waals surface area contributed by atoms with Gasteiger partial charge in [-0.2, -0.15) is 4.99 Å². The molecule has 0 spiro atoms. The van der Waals surface area contributed by atoms with Gasteiger partial charge in [-0.1, -0.05) is 11.3 Å². The van der Waals surface area contributed by atoms with E-state index in [0.29, 0.717) is 21.9 Å². The van der Waals surface area contributed by atoms with Gasteiger partial charge in [-0.15, -0.1) is 0 Å². The van der Waals surface area contributed by atoms with E-state index in [4.69, 9.17) is 9.47 Å². The normalized spacial score (nSPS) is 12.6. The van der Waals surface area contributed by atoms with E-state index in [9.17, 15) is 13.2 Å². The number of sulfone groups is 1. The third-order valence-corrected chi connectivity index (χ3v) is 7.88. The maximum absolute atomic E-state index is 12.7. The summed E-state index contributed by atoms with van der Waals surface area (Å²) in [5.41, 5.74) is 1.09. The number of amides is 1. The number of hydrogen-bond donors (Lipinski definition) is 0. The van der Waals surface area contributed by atoms with Gasteiger partial charge in [0.15, 0.2) is 14.6 Å². The smallest absolute Gasteiger partial charge is 0.279 e. The molecular weight excluding hydrogens is 412 g/mol. The van der Waals surface area contributed by atoms with Crippen molar-refractivity contribution in [1.82, 2.24) is 4.57 Å². The third-order valence-electron chi connectivity index (χ3n) is 4.56. The largest absolute Gasteiger partial charge is 0.495 e. The summed E-state index contributed by atoms with van der Waals surface area (Å²) in [5.74, 6) is 0.855. The van der Waals surface area contributed by atoms with Crippen molar-refractivity contribution in [3.8, 4) is 11.5 Å². The standard InChI is InChI=1S/C20H22N2O5S2/c1-12(2)29(24,25)14-8-6-13(7-9-14)19(23)21-20-22(3)17-15(26-4)10-11-16(27-5)18(17)28-20/h6-12H,1-5H3. The number of carbonyl (C=O) groups excluding carboxylic acids is 1. The van der Waals surface area contributed by atoms with Crippen LogP contribution in [0.1, 0.15) is 24.2 Å². The number of thiazole rings is 1. The quantitative estimate of drug-likeness (QED) is 0.616. The maximum Gasteiger partial charge on any atom is 0.279 e. The Hall–Kier alpha value is -2.65. The Morgan fingerprint density at radius 2 is 1.62 bits per heavy atom. The highest BCUT2D eigenvalue weighted by molar-refractivity contribution is 7.92. The first-order valence-electron chi connectivity index (χ1n) is 8.84. The van der Waals surface area contributed by atoms with Crippen LogP contribution in [0.25, 0.3) is 10.2 Å². The van der Waals surface area contributed by atoms with E-state index in [1.165, 1.54) is 35.6 Å². The summed E-state index contributed by atoms with van der Waals surface area (Å²) in [7, 11) is 1.56. The number of aromatic nitrogens is 1. The van der Waals surface area contributed by atoms with E-state index < -0.39 is 21.0 Å². The summed E-state index contributed by atoms with van der Waals surface area (Å²) in [6.45, 7) is 3.24. The second-order valence-electron chi connectivity index (χ2n) is 6.63. The Balaban J connectivity index is 2.06. The fourth-order valence-corrected chi connectivity index (χ4v) is 5.03. The minimum absolute atomic E-state index is 0.186. The van der Waals surface area contributed by atoms with Crippen LogP contribution in [0.5, 0.6) is 11.5 Å². The van der Waals surface area contributed by atoms with Crippen LogP contribution in [-0.4, -0.2) is 38.4 Å². The number of nitrogens with zero attached hydrogens (tertiary/aromatic N) is 2. The van der Waals surface area contributed by atoms with Crippen LogP contribution in [0.2, 0.25) is 0 Å². The molecule has 0 unspecified atom stereocenters. The van der Waals surface area contributed by atoms with E-state index in [1.807, 2.05) is 0 Å². The summed E-state index contributed by atoms with van der Waals surface area (Å²) < 4.78 is 37.9. The summed E-state index contributed by atoms with van der Waals surface area (Å²) in [6.07, 6.45) is 0. The van der Waals surface area contributed by atoms with Crippen LogP contribution >= 0.6 is 11.3 Å². The molecule has 3 aromatic rings. The second-order valence-corrected chi connectivity index (χ2v) is 10.1. The molecule has 0 atom stereocenters. The van der Waals surface area contributed by atoms with Crippen LogP contribution in [-0.2, 0) is 16.9 Å². The molecule has 1 amide bonds. The Labute approximate surface area is 173 Å². The molecule has 0 radical (unpaired) electrons. The number of hydrogen-bond acceptors (Lipinski definition) is 6. The van der Waals surface area contributed by atoms with Crippen molar-refractivity contribution in [3.05, 3.63) is 46.8 Å². The molecule has 1 heterocycles. The zero-order valence-electron chi connectivity index (χ0n) is 16.8. The van der Waals surface area contributed by atoms with Crippen molar-refractivity contribution in [3.63, 3.8) is 0 Å². The van der Waals surface area contributed by atoms with Gasteiger partial charge in [-0.3, -0.25) is 4.79 Å². The van der Waals surface area contributed by atoms with E-state index >= 15 is 0 Å². The van der Waals surface area contributed by atoms with Crippen molar-refractivity contribution in [2.45, 2.75) is 24.0 Å². The summed E-state index contributed by atoms with van der Waals surface area (Å²) in [4.78, 5) is 17.6. The van der Waals surface area contributed by atoms with Gasteiger partial charge in [0, 0.05) is 12.6 Å². The molecule has 0 aliphatic carbocycles. The van der Waals surface area contributed by atoms with Crippen molar-refractivity contribution in [1.29, 1.82) is 0 Å². The minimum atomic E-state index is -3.39. The lowest BCUT2D eigenvalue weighted by Gasteiger charge is -2.07. The van der Waals surface area contributed by atoms with Crippen LogP contribution in [0.15, 0.2) is 46.3 Å². The van der Waals surface area contributed by atoms with Gasteiger partial charge in [0.1, 0.15) is 21.7 Å². The van der Waals surface area contributed by atoms with Gasteiger partial charge in [-0.05, 0) is 50.2 Å². The SMILES string of the molecule is COc1ccc(OC)c2c1sc(=NC(=O)c1ccc(S(=O)(=O)C(C)C)cc1)n2C. The number of ether oxygens (including phenoxy) is 2. The average Bonchev–Trinajstić information content (AvgIpc) is 3.03. The first-order chi connectivity index (χ1) is 13.7. The molecule has 29 heavy (non-hydrogen) atoms. The number of benzene rings is 2. The van der Waals surface area contributed by atoms with Crippen LogP contribution in [0, 0.1) is 0 Å². The van der Waals surface area contributed by atoms with E-state index in [-0.39, 0.29) is 4.90 Å². The first kappa shape index (κ1) is 21.1. The van der Waals surface area contributed by atoms with Gasteiger partial charge in [0.2, 0.25) is 0 Å². The Bertz CT molecular complexity index is 1240. The molecule has 0 aliphatic rings. The first-order valence-corrected chi connectivity index (χ1v) is 11.2. The summed E-state index contributed by atoms with van der Waals surface area (Å²) in [5, 5.41) is -0.531. The molecule has 0 N–H and O–H groups in total. The van der Waals surface area contributed by atoms with Crippen molar-refractivity contribution >= 4 is 37.3 Å². The predicted molar refractivity (Wildman–Crippen MR) is 113 cm³/mol. The monoisotopic (exact) mass is 434 g/mol. The van der Waals surface area contributed by atoms with Gasteiger partial charge >= 0.3 is 0 Å². The maximum atomic E-state index is 12.7. The van der Waals surface area contributed by atoms with E-state index in [2.05, 4.69) is 4.99 Å². The molecule has 3 rings (SSSR count). The van der Waals surface area contributed by atoms with Gasteiger partial charge < -0.3 is 14.0 Å². The lowest BCUT2D eigenvalue weighted by Crippen LogP contribution is -2.15. The Morgan fingerprint density at radius 3 is 2.17 bits per heavy atom. The number of aryl methyl sites for hydroxylation is 1. The number of fused-ring (bicyclic) bond motifs is 1. The second kappa shape index (κ2) is 8.00. The molecular formula is C20H22N2O5S2. The van der Waals surface area contributed by atoms with Gasteiger partial charge in [-0.25, -0.2) is 8.42 Å². The third kappa shape index (κ3) is 3.79. The fourth-order valence-electron chi connectivity index (χ4n) is 2.84. The highest BCUT2D eigenvalue weighted by Crippen LogP contribution is 2.34. The average molecular weight is 435 g/mol. The Morgan fingerprint density at radius 1 is 1.03 bits per heavy atom. The summed E-state index contributed by atoms with van der Waals surface area (Å²) >= 11 is 1.31. The van der Waals surface area contributed by atoms with Gasteiger partial charge in [0.25, 0.3) is 5.91 Å². The van der Waals surface area contributed by atoms with E-state index in [1.54, 1.807) is 51.8 Å². The molecule has 2 aromatic carbocycles. The van der Waals surface area contributed by atoms with Crippen molar-refractivity contribution in [2.24, 2.45) is 12.0 Å². The predicted octanol–water partition coefficient (Wildman–Crippen LogP) is 3.18. The highest BCUT2D eigenvalue weighted by Gasteiger charge is 2.19. The number of methoxy groups -OCH3 is 2. The van der Waals surface area contributed by atoms with Gasteiger partial charge in [0.05, 0.1) is 24.4 Å². The lowest BCUT2D eigenvalue weighted by atomic mass is 10.2. The van der Waals surface area contributed by atoms with Crippen LogP contribution in [0.3, 0.4) is 0 Å². The number of rotatable bonds is 5. The Kier molecular flexibility index (Phi) is 5.81. The molecule has 9 heteroatoms. The summed E-state index contributed by atoms with van der Waals surface area (Å²) in [6, 6.07) is 9.44. The van der Waals surface area contributed by atoms with Crippen molar-refractivity contribution < 1.29 is 22.7 Å². The zero-order chi connectivity index (χ0) is 21.3. The molecule has 154 valence electrons. The number of carbonyl (C=O) groups is 1. The molecule has 1 aromatic heterocycles. The fraction of sp³-hybridized carbons (Fsp3) is 0.300. The van der Waals surface area contributed by atoms with Crippen molar-refractivity contribution in [2.75, 3.05) is 14.2 Å². The topological polar surface area (TPSA) is 87.0 Å². The molecule has 0 aliphatic heterocycles. The lowest BCUT2D eigenvalue weighted by molar-refractivity contribution is 0.0998. The molecule has 0 fully saturated rings. The molecule has 0 saturated heterocycles. The minimum Gasteiger partial charge on any atom is -0.495 e. The molecule has 0 saturated carbocycles. The van der Waals surface area contributed by atoms with Crippen LogP contribution in [0.4, 0.5) is 0 Å². The van der Waals surface area contributed by atoms with Crippen LogP contribution < -0.4 is 14.3 Å². The van der Waals surface area contributed by atoms with E-state index in [0.717, 1.165) is 10.2 Å².